The Morgan fingerprint density at radius 1 is 1.53 bits per heavy atom. The maximum Gasteiger partial charge on any atom is 0.239 e. The molecule has 1 aromatic rings. The van der Waals surface area contributed by atoms with Crippen molar-refractivity contribution in [1.29, 1.82) is 0 Å². The minimum absolute atomic E-state index is 0.0318. The van der Waals surface area contributed by atoms with Crippen molar-refractivity contribution in [2.45, 2.75) is 13.3 Å². The van der Waals surface area contributed by atoms with Gasteiger partial charge in [0.25, 0.3) is 0 Å². The average molecular weight is 235 g/mol. The van der Waals surface area contributed by atoms with E-state index in [1.165, 1.54) is 6.20 Å². The highest BCUT2D eigenvalue weighted by Gasteiger charge is 2.07. The van der Waals surface area contributed by atoms with Gasteiger partial charge >= 0.3 is 0 Å². The molecule has 0 saturated carbocycles. The van der Waals surface area contributed by atoms with Gasteiger partial charge in [0, 0.05) is 25.4 Å². The molecule has 0 aliphatic heterocycles. The van der Waals surface area contributed by atoms with Gasteiger partial charge in [0.1, 0.15) is 5.82 Å². The van der Waals surface area contributed by atoms with E-state index in [-0.39, 0.29) is 12.5 Å². The lowest BCUT2D eigenvalue weighted by Crippen LogP contribution is -2.35. The van der Waals surface area contributed by atoms with Crippen molar-refractivity contribution < 1.29 is 9.59 Å². The van der Waals surface area contributed by atoms with Crippen LogP contribution in [-0.2, 0) is 4.79 Å². The summed E-state index contributed by atoms with van der Waals surface area (Å²) in [5.74, 6) is 0.637. The van der Waals surface area contributed by atoms with Crippen LogP contribution in [0, 0.1) is 0 Å². The van der Waals surface area contributed by atoms with Crippen LogP contribution in [0.1, 0.15) is 23.7 Å². The molecule has 0 fully saturated rings. The van der Waals surface area contributed by atoms with Gasteiger partial charge in [-0.3, -0.25) is 9.59 Å². The molecule has 0 aliphatic rings. The van der Waals surface area contributed by atoms with Crippen molar-refractivity contribution in [3.05, 3.63) is 23.9 Å². The zero-order valence-corrected chi connectivity index (χ0v) is 10.1. The molecular formula is C12H17N3O2. The minimum Gasteiger partial charge on any atom is -0.355 e. The second kappa shape index (κ2) is 6.62. The van der Waals surface area contributed by atoms with E-state index in [0.717, 1.165) is 12.7 Å². The lowest BCUT2D eigenvalue weighted by molar-refractivity contribution is -0.119. The van der Waals surface area contributed by atoms with E-state index < -0.39 is 0 Å². The van der Waals surface area contributed by atoms with E-state index >= 15 is 0 Å². The molecule has 92 valence electrons. The van der Waals surface area contributed by atoms with Gasteiger partial charge in [0.2, 0.25) is 5.91 Å². The summed E-state index contributed by atoms with van der Waals surface area (Å²) in [6.45, 7) is 2.95. The van der Waals surface area contributed by atoms with Crippen LogP contribution in [0.25, 0.3) is 0 Å². The fourth-order valence-electron chi connectivity index (χ4n) is 1.31. The van der Waals surface area contributed by atoms with Crippen LogP contribution in [0.4, 0.5) is 5.82 Å². The first kappa shape index (κ1) is 13.2. The number of nitrogens with zero attached hydrogens (tertiary/aromatic N) is 2. The molecule has 0 unspecified atom stereocenters. The molecule has 17 heavy (non-hydrogen) atoms. The van der Waals surface area contributed by atoms with Crippen LogP contribution in [0.5, 0.6) is 0 Å². The van der Waals surface area contributed by atoms with Crippen molar-refractivity contribution in [3.8, 4) is 0 Å². The Morgan fingerprint density at radius 3 is 2.82 bits per heavy atom. The average Bonchev–Trinajstić information content (AvgIpc) is 2.36. The molecule has 1 amide bonds. The van der Waals surface area contributed by atoms with Gasteiger partial charge in [-0.05, 0) is 18.6 Å². The fraction of sp³-hybridized carbons (Fsp3) is 0.417. The second-order valence-electron chi connectivity index (χ2n) is 3.77. The lowest BCUT2D eigenvalue weighted by atomic mass is 10.3. The molecule has 1 rings (SSSR count). The largest absolute Gasteiger partial charge is 0.355 e. The number of amides is 1. The number of rotatable bonds is 6. The standard InChI is InChI=1S/C12H17N3O2/c1-3-6-13-12(17)8-15(2)11-5-4-10(9-16)7-14-11/h4-5,7,9H,3,6,8H2,1-2H3,(H,13,17). The van der Waals surface area contributed by atoms with Crippen LogP contribution < -0.4 is 10.2 Å². The van der Waals surface area contributed by atoms with Gasteiger partial charge in [-0.1, -0.05) is 6.92 Å². The fourth-order valence-corrected chi connectivity index (χ4v) is 1.31. The maximum absolute atomic E-state index is 11.5. The van der Waals surface area contributed by atoms with E-state index in [1.807, 2.05) is 6.92 Å². The second-order valence-corrected chi connectivity index (χ2v) is 3.77. The van der Waals surface area contributed by atoms with E-state index in [2.05, 4.69) is 10.3 Å². The third kappa shape index (κ3) is 4.22. The lowest BCUT2D eigenvalue weighted by Gasteiger charge is -2.17. The number of hydrogen-bond donors (Lipinski definition) is 1. The summed E-state index contributed by atoms with van der Waals surface area (Å²) in [6.07, 6.45) is 3.15. The first-order valence-electron chi connectivity index (χ1n) is 5.56. The van der Waals surface area contributed by atoms with Crippen LogP contribution in [-0.4, -0.2) is 37.3 Å². The van der Waals surface area contributed by atoms with Crippen molar-refractivity contribution in [1.82, 2.24) is 10.3 Å². The summed E-state index contributed by atoms with van der Waals surface area (Å²) in [5.41, 5.74) is 0.526. The zero-order chi connectivity index (χ0) is 12.7. The zero-order valence-electron chi connectivity index (χ0n) is 10.1. The number of aldehydes is 1. The van der Waals surface area contributed by atoms with Gasteiger partial charge in [0.15, 0.2) is 6.29 Å². The topological polar surface area (TPSA) is 62.3 Å². The Hall–Kier alpha value is -1.91. The molecule has 1 N–H and O–H groups in total. The van der Waals surface area contributed by atoms with Crippen molar-refractivity contribution >= 4 is 18.0 Å². The predicted molar refractivity (Wildman–Crippen MR) is 66.2 cm³/mol. The minimum atomic E-state index is -0.0318. The molecule has 0 aromatic carbocycles. The van der Waals surface area contributed by atoms with Crippen LogP contribution in [0.15, 0.2) is 18.3 Å². The number of hydrogen-bond acceptors (Lipinski definition) is 4. The van der Waals surface area contributed by atoms with Gasteiger partial charge in [-0.15, -0.1) is 0 Å². The molecule has 0 aliphatic carbocycles. The normalized spacial score (nSPS) is 9.76. The molecule has 1 heterocycles. The quantitative estimate of drug-likeness (QED) is 0.743. The Morgan fingerprint density at radius 2 is 2.29 bits per heavy atom. The summed E-state index contributed by atoms with van der Waals surface area (Å²) < 4.78 is 0. The number of carbonyl (C=O) groups is 2. The first-order chi connectivity index (χ1) is 8.17. The molecule has 0 spiro atoms. The van der Waals surface area contributed by atoms with E-state index in [0.29, 0.717) is 17.9 Å². The van der Waals surface area contributed by atoms with Gasteiger partial charge in [-0.25, -0.2) is 4.98 Å². The van der Waals surface area contributed by atoms with E-state index in [1.54, 1.807) is 24.1 Å². The third-order valence-electron chi connectivity index (χ3n) is 2.25. The van der Waals surface area contributed by atoms with E-state index in [4.69, 9.17) is 0 Å². The molecule has 1 aromatic heterocycles. The third-order valence-corrected chi connectivity index (χ3v) is 2.25. The SMILES string of the molecule is CCCNC(=O)CN(C)c1ccc(C=O)cn1. The summed E-state index contributed by atoms with van der Waals surface area (Å²) in [7, 11) is 1.79. The smallest absolute Gasteiger partial charge is 0.239 e. The molecule has 0 bridgehead atoms. The molecule has 5 nitrogen and oxygen atoms in total. The summed E-state index contributed by atoms with van der Waals surface area (Å²) in [5, 5.41) is 2.79. The van der Waals surface area contributed by atoms with Crippen LogP contribution >= 0.6 is 0 Å². The summed E-state index contributed by atoms with van der Waals surface area (Å²) in [6, 6.07) is 3.40. The number of likely N-dealkylation sites (N-methyl/N-ethyl adjacent to an activating group) is 1. The number of anilines is 1. The highest BCUT2D eigenvalue weighted by molar-refractivity contribution is 5.81. The molecule has 5 heteroatoms. The number of nitrogens with one attached hydrogen (secondary N) is 1. The van der Waals surface area contributed by atoms with Gasteiger partial charge in [-0.2, -0.15) is 0 Å². The maximum atomic E-state index is 11.5. The number of aromatic nitrogens is 1. The molecule has 0 atom stereocenters. The number of carbonyl (C=O) groups excluding carboxylic acids is 2. The van der Waals surface area contributed by atoms with E-state index in [9.17, 15) is 9.59 Å². The number of pyridine rings is 1. The Kier molecular flexibility index (Phi) is 5.13. The van der Waals surface area contributed by atoms with Crippen molar-refractivity contribution in [2.75, 3.05) is 25.0 Å². The van der Waals surface area contributed by atoms with Crippen molar-refractivity contribution in [3.63, 3.8) is 0 Å². The molecule has 0 radical (unpaired) electrons. The summed E-state index contributed by atoms with van der Waals surface area (Å²) >= 11 is 0. The Labute approximate surface area is 101 Å². The van der Waals surface area contributed by atoms with Crippen LogP contribution in [0.3, 0.4) is 0 Å². The Balaban J connectivity index is 2.53. The van der Waals surface area contributed by atoms with Gasteiger partial charge in [0.05, 0.1) is 6.54 Å². The first-order valence-corrected chi connectivity index (χ1v) is 5.56. The highest BCUT2D eigenvalue weighted by Crippen LogP contribution is 2.07. The highest BCUT2D eigenvalue weighted by atomic mass is 16.2. The molecule has 0 saturated heterocycles. The monoisotopic (exact) mass is 235 g/mol. The summed E-state index contributed by atoms with van der Waals surface area (Å²) in [4.78, 5) is 27.8. The predicted octanol–water partition coefficient (Wildman–Crippen LogP) is 0.856. The Bertz CT molecular complexity index is 376. The van der Waals surface area contributed by atoms with Crippen molar-refractivity contribution in [2.24, 2.45) is 0 Å². The van der Waals surface area contributed by atoms with Gasteiger partial charge < -0.3 is 10.2 Å². The van der Waals surface area contributed by atoms with Crippen LogP contribution in [0.2, 0.25) is 0 Å². The molecular weight excluding hydrogens is 218 g/mol.